The number of hydrogen-bond donors (Lipinski definition) is 3. The van der Waals surface area contributed by atoms with E-state index in [2.05, 4.69) is 22.1 Å². The predicted octanol–water partition coefficient (Wildman–Crippen LogP) is 1.44. The lowest BCUT2D eigenvalue weighted by atomic mass is 10.2. The molecule has 96 valence electrons. The van der Waals surface area contributed by atoms with Crippen molar-refractivity contribution >= 4 is 22.4 Å². The van der Waals surface area contributed by atoms with E-state index < -0.39 is 5.91 Å². The topological polar surface area (TPSA) is 82.5 Å². The van der Waals surface area contributed by atoms with Crippen LogP contribution in [-0.4, -0.2) is 27.7 Å². The number of thiazole rings is 1. The average Bonchev–Trinajstić information content (AvgIpc) is 2.84. The summed E-state index contributed by atoms with van der Waals surface area (Å²) in [4.78, 5) is 16.5. The molecule has 0 fully saturated rings. The first-order valence-electron chi connectivity index (χ1n) is 5.35. The highest BCUT2D eigenvalue weighted by Crippen LogP contribution is 2.20. The fourth-order valence-electron chi connectivity index (χ4n) is 1.35. The number of aliphatic hydroxyl groups excluding tert-OH is 1. The Labute approximate surface area is 113 Å². The summed E-state index contributed by atoms with van der Waals surface area (Å²) in [5.74, 6) is 4.67. The molecule has 0 atom stereocenters. The quantitative estimate of drug-likeness (QED) is 0.724. The number of benzene rings is 1. The molecule has 5 nitrogen and oxygen atoms in total. The maximum Gasteiger partial charge on any atom is 0.261 e. The molecule has 0 saturated heterocycles. The maximum absolute atomic E-state index is 11.9. The summed E-state index contributed by atoms with van der Waals surface area (Å²) >= 11 is 1.19. The number of nitrogens with one attached hydrogen (secondary N) is 1. The molecule has 0 unspecified atom stereocenters. The van der Waals surface area contributed by atoms with Gasteiger partial charge in [0.25, 0.3) is 5.91 Å². The third-order valence-electron chi connectivity index (χ3n) is 2.17. The molecule has 0 saturated carbocycles. The summed E-state index contributed by atoms with van der Waals surface area (Å²) in [5.41, 5.74) is 0.181. The number of nitrogens with zero attached hydrogens (tertiary/aromatic N) is 1. The minimum Gasteiger partial charge on any atom is -0.507 e. The van der Waals surface area contributed by atoms with Gasteiger partial charge in [0.2, 0.25) is 0 Å². The summed E-state index contributed by atoms with van der Waals surface area (Å²) in [6.07, 6.45) is 1.51. The number of anilines is 1. The molecule has 0 aliphatic heterocycles. The number of rotatable bonds is 2. The van der Waals surface area contributed by atoms with E-state index in [9.17, 15) is 9.90 Å². The zero-order valence-electron chi connectivity index (χ0n) is 9.75. The Morgan fingerprint density at radius 1 is 1.42 bits per heavy atom. The van der Waals surface area contributed by atoms with Crippen LogP contribution in [0.1, 0.15) is 15.2 Å². The lowest BCUT2D eigenvalue weighted by Gasteiger charge is -2.03. The van der Waals surface area contributed by atoms with Crippen molar-refractivity contribution in [1.82, 2.24) is 4.98 Å². The van der Waals surface area contributed by atoms with Crippen LogP contribution in [0.3, 0.4) is 0 Å². The van der Waals surface area contributed by atoms with E-state index in [-0.39, 0.29) is 17.9 Å². The van der Waals surface area contributed by atoms with Crippen molar-refractivity contribution in [2.45, 2.75) is 0 Å². The number of phenols is 1. The molecule has 19 heavy (non-hydrogen) atoms. The Kier molecular flexibility index (Phi) is 4.13. The van der Waals surface area contributed by atoms with Gasteiger partial charge in [-0.15, -0.1) is 0 Å². The van der Waals surface area contributed by atoms with Gasteiger partial charge in [-0.3, -0.25) is 10.1 Å². The minimum absolute atomic E-state index is 0.0862. The van der Waals surface area contributed by atoms with Crippen molar-refractivity contribution in [1.29, 1.82) is 0 Å². The van der Waals surface area contributed by atoms with Gasteiger partial charge >= 0.3 is 0 Å². The van der Waals surface area contributed by atoms with E-state index >= 15 is 0 Å². The smallest absolute Gasteiger partial charge is 0.261 e. The number of carbonyl (C=O) groups is 1. The first-order chi connectivity index (χ1) is 9.20. The van der Waals surface area contributed by atoms with Gasteiger partial charge in [-0.05, 0) is 12.1 Å². The van der Waals surface area contributed by atoms with E-state index in [1.54, 1.807) is 12.1 Å². The highest BCUT2D eigenvalue weighted by atomic mass is 32.1. The molecule has 1 heterocycles. The molecular weight excluding hydrogens is 264 g/mol. The van der Waals surface area contributed by atoms with Gasteiger partial charge in [0, 0.05) is 0 Å². The number of aliphatic hydroxyl groups is 1. The van der Waals surface area contributed by atoms with Crippen molar-refractivity contribution in [3.05, 3.63) is 40.9 Å². The first-order valence-corrected chi connectivity index (χ1v) is 6.17. The van der Waals surface area contributed by atoms with Gasteiger partial charge in [-0.25, -0.2) is 4.98 Å². The van der Waals surface area contributed by atoms with Crippen LogP contribution in [0.15, 0.2) is 30.5 Å². The third kappa shape index (κ3) is 3.31. The lowest BCUT2D eigenvalue weighted by molar-refractivity contribution is 0.102. The Morgan fingerprint density at radius 3 is 2.95 bits per heavy atom. The number of amides is 1. The van der Waals surface area contributed by atoms with Crippen molar-refractivity contribution < 1.29 is 15.0 Å². The molecule has 2 rings (SSSR count). The molecular formula is C13H10N2O3S. The molecule has 6 heteroatoms. The van der Waals surface area contributed by atoms with E-state index in [0.717, 1.165) is 0 Å². The summed E-state index contributed by atoms with van der Waals surface area (Å²) < 4.78 is 0. The van der Waals surface area contributed by atoms with Crippen molar-refractivity contribution in [2.24, 2.45) is 0 Å². The summed E-state index contributed by atoms with van der Waals surface area (Å²) in [6.45, 7) is -0.225. The van der Waals surface area contributed by atoms with Crippen LogP contribution in [0.2, 0.25) is 0 Å². The van der Waals surface area contributed by atoms with Crippen molar-refractivity contribution in [3.8, 4) is 17.6 Å². The molecule has 3 N–H and O–H groups in total. The van der Waals surface area contributed by atoms with Crippen LogP contribution in [0.25, 0.3) is 0 Å². The van der Waals surface area contributed by atoms with Crippen LogP contribution in [0.5, 0.6) is 5.75 Å². The predicted molar refractivity (Wildman–Crippen MR) is 72.1 cm³/mol. The summed E-state index contributed by atoms with van der Waals surface area (Å²) in [7, 11) is 0. The van der Waals surface area contributed by atoms with Gasteiger partial charge in [0.15, 0.2) is 5.13 Å². The second kappa shape index (κ2) is 6.00. The Bertz CT molecular complexity index is 655. The van der Waals surface area contributed by atoms with E-state index in [0.29, 0.717) is 10.0 Å². The van der Waals surface area contributed by atoms with E-state index in [1.807, 2.05) is 0 Å². The minimum atomic E-state index is -0.436. The van der Waals surface area contributed by atoms with Crippen LogP contribution in [0.4, 0.5) is 5.13 Å². The van der Waals surface area contributed by atoms with Gasteiger partial charge in [-0.2, -0.15) is 0 Å². The number of para-hydroxylation sites is 1. The van der Waals surface area contributed by atoms with E-state index in [1.165, 1.54) is 29.7 Å². The molecule has 0 spiro atoms. The molecule has 0 radical (unpaired) electrons. The fourth-order valence-corrected chi connectivity index (χ4v) is 2.03. The van der Waals surface area contributed by atoms with Gasteiger partial charge in [-0.1, -0.05) is 35.3 Å². The number of aromatic hydroxyl groups is 1. The normalized spacial score (nSPS) is 9.53. The zero-order valence-corrected chi connectivity index (χ0v) is 10.6. The Balaban J connectivity index is 2.11. The molecule has 2 aromatic rings. The second-order valence-electron chi connectivity index (χ2n) is 3.46. The monoisotopic (exact) mass is 274 g/mol. The maximum atomic E-state index is 11.9. The highest BCUT2D eigenvalue weighted by Gasteiger charge is 2.11. The van der Waals surface area contributed by atoms with Gasteiger partial charge in [0.1, 0.15) is 12.4 Å². The molecule has 1 aromatic heterocycles. The van der Waals surface area contributed by atoms with Crippen LogP contribution in [-0.2, 0) is 0 Å². The largest absolute Gasteiger partial charge is 0.507 e. The van der Waals surface area contributed by atoms with Crippen molar-refractivity contribution in [2.75, 3.05) is 11.9 Å². The molecule has 1 aromatic carbocycles. The molecule has 0 aliphatic rings. The molecule has 1 amide bonds. The summed E-state index contributed by atoms with van der Waals surface area (Å²) in [5, 5.41) is 21.1. The van der Waals surface area contributed by atoms with Crippen LogP contribution >= 0.6 is 11.3 Å². The second-order valence-corrected chi connectivity index (χ2v) is 4.49. The van der Waals surface area contributed by atoms with Crippen LogP contribution in [0, 0.1) is 11.8 Å². The Morgan fingerprint density at radius 2 is 2.21 bits per heavy atom. The SMILES string of the molecule is O=C(Nc1ncc(C#CCO)s1)c1ccccc1O. The first kappa shape index (κ1) is 13.1. The standard InChI is InChI=1S/C13H10N2O3S/c16-7-3-4-9-8-14-13(19-9)15-12(18)10-5-1-2-6-11(10)17/h1-2,5-6,8,16-17H,7H2,(H,14,15,18). The average molecular weight is 274 g/mol. The Hall–Kier alpha value is -2.36. The zero-order chi connectivity index (χ0) is 13.7. The fraction of sp³-hybridized carbons (Fsp3) is 0.0769. The molecule has 0 aliphatic carbocycles. The number of aromatic nitrogens is 1. The summed E-state index contributed by atoms with van der Waals surface area (Å²) in [6, 6.07) is 6.26. The number of hydrogen-bond acceptors (Lipinski definition) is 5. The van der Waals surface area contributed by atoms with Crippen molar-refractivity contribution in [3.63, 3.8) is 0 Å². The van der Waals surface area contributed by atoms with Gasteiger partial charge < -0.3 is 10.2 Å². The number of phenolic OH excluding ortho intramolecular Hbond substituents is 1. The van der Waals surface area contributed by atoms with Crippen LogP contribution < -0.4 is 5.32 Å². The molecule has 0 bridgehead atoms. The lowest BCUT2D eigenvalue weighted by Crippen LogP contribution is -2.11. The highest BCUT2D eigenvalue weighted by molar-refractivity contribution is 7.16. The number of carbonyl (C=O) groups excluding carboxylic acids is 1. The van der Waals surface area contributed by atoms with E-state index in [4.69, 9.17) is 5.11 Å². The van der Waals surface area contributed by atoms with Gasteiger partial charge in [0.05, 0.1) is 16.6 Å². The third-order valence-corrected chi connectivity index (χ3v) is 2.99.